The van der Waals surface area contributed by atoms with Crippen LogP contribution in [0.15, 0.2) is 36.7 Å². The van der Waals surface area contributed by atoms with Gasteiger partial charge in [-0.05, 0) is 41.7 Å². The van der Waals surface area contributed by atoms with Crippen LogP contribution in [0.1, 0.15) is 32.8 Å². The molecule has 136 valence electrons. The largest absolute Gasteiger partial charge is 0.368 e. The van der Waals surface area contributed by atoms with Gasteiger partial charge in [0.1, 0.15) is 17.7 Å². The van der Waals surface area contributed by atoms with Crippen LogP contribution in [0.2, 0.25) is 0 Å². The average molecular weight is 356 g/mol. The van der Waals surface area contributed by atoms with Crippen molar-refractivity contribution in [3.05, 3.63) is 48.0 Å². The Morgan fingerprint density at radius 2 is 2.00 bits per heavy atom. The van der Waals surface area contributed by atoms with E-state index in [9.17, 15) is 8.78 Å². The van der Waals surface area contributed by atoms with Crippen LogP contribution in [0.25, 0.3) is 16.7 Å². The molecule has 1 aliphatic rings. The molecule has 4 nitrogen and oxygen atoms in total. The van der Waals surface area contributed by atoms with Crippen molar-refractivity contribution in [2.45, 2.75) is 38.8 Å². The number of rotatable bonds is 2. The fraction of sp³-hybridized carbons (Fsp3) is 0.400. The lowest BCUT2D eigenvalue weighted by atomic mass is 9.88. The van der Waals surface area contributed by atoms with Crippen molar-refractivity contribution in [1.82, 2.24) is 14.8 Å². The fourth-order valence-corrected chi connectivity index (χ4v) is 3.27. The van der Waals surface area contributed by atoms with Crippen LogP contribution >= 0.6 is 0 Å². The maximum absolute atomic E-state index is 14.4. The van der Waals surface area contributed by atoms with Gasteiger partial charge in [-0.2, -0.15) is 0 Å². The summed E-state index contributed by atoms with van der Waals surface area (Å²) in [6.45, 7) is 7.36. The third-order valence-corrected chi connectivity index (χ3v) is 4.90. The maximum atomic E-state index is 14.4. The molecule has 1 saturated heterocycles. The molecule has 3 heterocycles. The second kappa shape index (κ2) is 6.04. The lowest BCUT2D eigenvalue weighted by Crippen LogP contribution is -2.20. The first-order chi connectivity index (χ1) is 12.3. The maximum Gasteiger partial charge on any atom is 0.181 e. The summed E-state index contributed by atoms with van der Waals surface area (Å²) in [5, 5.41) is 5.29. The van der Waals surface area contributed by atoms with E-state index in [0.29, 0.717) is 30.8 Å². The second-order valence-corrected chi connectivity index (χ2v) is 7.93. The van der Waals surface area contributed by atoms with Crippen molar-refractivity contribution in [2.24, 2.45) is 0 Å². The standard InChI is InChI=1S/C20H22F2N4/c1-20(2,3)14-8-13-11-26(24-19(13)23-10-14)18-9-16(4-5-17(18)22)25-7-6-15(21)12-25/h4-5,8-11,15H,6-7,12H2,1-3H3/t15-/m1/s1. The molecular weight excluding hydrogens is 334 g/mol. The molecule has 1 fully saturated rings. The lowest BCUT2D eigenvalue weighted by molar-refractivity contribution is 0.364. The van der Waals surface area contributed by atoms with E-state index in [0.717, 1.165) is 16.6 Å². The molecule has 0 saturated carbocycles. The molecule has 1 aliphatic heterocycles. The Morgan fingerprint density at radius 3 is 2.69 bits per heavy atom. The predicted molar refractivity (Wildman–Crippen MR) is 99.2 cm³/mol. The van der Waals surface area contributed by atoms with Crippen LogP contribution in [0.4, 0.5) is 14.5 Å². The van der Waals surface area contributed by atoms with Gasteiger partial charge in [0, 0.05) is 36.6 Å². The average Bonchev–Trinajstić information content (AvgIpc) is 3.19. The van der Waals surface area contributed by atoms with Gasteiger partial charge in [0.25, 0.3) is 0 Å². The Labute approximate surface area is 151 Å². The normalized spacial score (nSPS) is 18.0. The van der Waals surface area contributed by atoms with Crippen LogP contribution in [0.5, 0.6) is 0 Å². The first-order valence-corrected chi connectivity index (χ1v) is 8.86. The van der Waals surface area contributed by atoms with E-state index in [1.807, 2.05) is 17.2 Å². The van der Waals surface area contributed by atoms with Gasteiger partial charge in [0.15, 0.2) is 5.65 Å². The Balaban J connectivity index is 1.75. The Hall–Kier alpha value is -2.50. The molecule has 0 unspecified atom stereocenters. The molecule has 2 aromatic heterocycles. The molecule has 0 radical (unpaired) electrons. The number of anilines is 1. The summed E-state index contributed by atoms with van der Waals surface area (Å²) in [6.07, 6.45) is 3.30. The molecule has 0 amide bonds. The molecule has 4 rings (SSSR count). The van der Waals surface area contributed by atoms with Gasteiger partial charge in [-0.25, -0.2) is 18.4 Å². The topological polar surface area (TPSA) is 34.0 Å². The minimum absolute atomic E-state index is 0.0207. The lowest BCUT2D eigenvalue weighted by Gasteiger charge is -2.18. The minimum Gasteiger partial charge on any atom is -0.368 e. The number of alkyl halides is 1. The number of hydrogen-bond acceptors (Lipinski definition) is 3. The quantitative estimate of drug-likeness (QED) is 0.682. The van der Waals surface area contributed by atoms with Crippen LogP contribution in [0, 0.1) is 5.82 Å². The summed E-state index contributed by atoms with van der Waals surface area (Å²) in [7, 11) is 0. The summed E-state index contributed by atoms with van der Waals surface area (Å²) in [6, 6.07) is 6.87. The molecule has 0 aliphatic carbocycles. The molecule has 3 aromatic rings. The van der Waals surface area contributed by atoms with Crippen LogP contribution in [-0.4, -0.2) is 34.0 Å². The predicted octanol–water partition coefficient (Wildman–Crippen LogP) is 4.41. The van der Waals surface area contributed by atoms with Crippen LogP contribution in [0.3, 0.4) is 0 Å². The van der Waals surface area contributed by atoms with Crippen molar-refractivity contribution in [3.8, 4) is 5.69 Å². The van der Waals surface area contributed by atoms with Gasteiger partial charge in [-0.1, -0.05) is 20.8 Å². The highest BCUT2D eigenvalue weighted by atomic mass is 19.1. The Kier molecular flexibility index (Phi) is 3.93. The van der Waals surface area contributed by atoms with Gasteiger partial charge >= 0.3 is 0 Å². The first kappa shape index (κ1) is 16.9. The van der Waals surface area contributed by atoms with Crippen molar-refractivity contribution >= 4 is 16.7 Å². The zero-order chi connectivity index (χ0) is 18.5. The summed E-state index contributed by atoms with van der Waals surface area (Å²) >= 11 is 0. The van der Waals surface area contributed by atoms with Crippen molar-refractivity contribution in [1.29, 1.82) is 0 Å². The van der Waals surface area contributed by atoms with Crippen molar-refractivity contribution < 1.29 is 8.78 Å². The molecule has 26 heavy (non-hydrogen) atoms. The molecule has 0 N–H and O–H groups in total. The number of fused-ring (bicyclic) bond motifs is 1. The van der Waals surface area contributed by atoms with E-state index >= 15 is 0 Å². The molecule has 1 atom stereocenters. The summed E-state index contributed by atoms with van der Waals surface area (Å²) in [5.74, 6) is -0.367. The molecule has 1 aromatic carbocycles. The van der Waals surface area contributed by atoms with Crippen molar-refractivity contribution in [3.63, 3.8) is 0 Å². The number of hydrogen-bond donors (Lipinski definition) is 0. The number of pyridine rings is 1. The summed E-state index contributed by atoms with van der Waals surface area (Å²) in [5.41, 5.74) is 2.81. The fourth-order valence-electron chi connectivity index (χ4n) is 3.27. The van der Waals surface area contributed by atoms with E-state index in [1.54, 1.807) is 18.3 Å². The minimum atomic E-state index is -0.823. The van der Waals surface area contributed by atoms with Crippen molar-refractivity contribution in [2.75, 3.05) is 18.0 Å². The van der Waals surface area contributed by atoms with Gasteiger partial charge in [-0.3, -0.25) is 0 Å². The number of benzene rings is 1. The SMILES string of the molecule is CC(C)(C)c1cnc2nn(-c3cc(N4CC[C@@H](F)C4)ccc3F)cc2c1. The Morgan fingerprint density at radius 1 is 1.19 bits per heavy atom. The smallest absolute Gasteiger partial charge is 0.181 e. The number of halogens is 2. The molecule has 6 heteroatoms. The van der Waals surface area contributed by atoms with E-state index < -0.39 is 6.17 Å². The molecular formula is C20H22F2N4. The van der Waals surface area contributed by atoms with Crippen LogP contribution in [-0.2, 0) is 5.41 Å². The number of nitrogens with zero attached hydrogens (tertiary/aromatic N) is 4. The first-order valence-electron chi connectivity index (χ1n) is 8.86. The number of aromatic nitrogens is 3. The highest BCUT2D eigenvalue weighted by molar-refractivity contribution is 5.75. The van der Waals surface area contributed by atoms with E-state index in [1.165, 1.54) is 10.7 Å². The monoisotopic (exact) mass is 356 g/mol. The van der Waals surface area contributed by atoms with Gasteiger partial charge in [0.05, 0.1) is 0 Å². The van der Waals surface area contributed by atoms with Gasteiger partial charge < -0.3 is 4.90 Å². The Bertz CT molecular complexity index is 958. The zero-order valence-electron chi connectivity index (χ0n) is 15.2. The van der Waals surface area contributed by atoms with Gasteiger partial charge in [-0.15, -0.1) is 5.10 Å². The highest BCUT2D eigenvalue weighted by Crippen LogP contribution is 2.28. The molecule has 0 spiro atoms. The third-order valence-electron chi connectivity index (χ3n) is 4.90. The highest BCUT2D eigenvalue weighted by Gasteiger charge is 2.23. The second-order valence-electron chi connectivity index (χ2n) is 7.93. The van der Waals surface area contributed by atoms with E-state index in [2.05, 4.69) is 30.9 Å². The van der Waals surface area contributed by atoms with Gasteiger partial charge in [0.2, 0.25) is 0 Å². The van der Waals surface area contributed by atoms with Crippen LogP contribution < -0.4 is 4.90 Å². The third kappa shape index (κ3) is 3.04. The van der Waals surface area contributed by atoms with E-state index in [4.69, 9.17) is 0 Å². The van der Waals surface area contributed by atoms with E-state index in [-0.39, 0.29) is 11.2 Å². The molecule has 0 bridgehead atoms. The summed E-state index contributed by atoms with van der Waals surface area (Å²) in [4.78, 5) is 6.36. The zero-order valence-corrected chi connectivity index (χ0v) is 15.2. The summed E-state index contributed by atoms with van der Waals surface area (Å²) < 4.78 is 29.5.